The van der Waals surface area contributed by atoms with Gasteiger partial charge in [-0.05, 0) is 12.1 Å². The van der Waals surface area contributed by atoms with Crippen LogP contribution in [0.5, 0.6) is 0 Å². The normalized spacial score (nSPS) is 17.4. The molecule has 1 aliphatic heterocycles. The summed E-state index contributed by atoms with van der Waals surface area (Å²) >= 11 is 1.76. The second-order valence-electron chi connectivity index (χ2n) is 3.22. The number of nitrogens with two attached hydrogens (primary N) is 1. The quantitative estimate of drug-likeness (QED) is 0.776. The Hall–Kier alpha value is -0.490. The van der Waals surface area contributed by atoms with Gasteiger partial charge in [-0.25, -0.2) is 0 Å². The Morgan fingerprint density at radius 1 is 1.33 bits per heavy atom. The first kappa shape index (κ1) is 11.0. The lowest BCUT2D eigenvalue weighted by molar-refractivity contribution is -0.0592. The van der Waals surface area contributed by atoms with Crippen LogP contribution in [0.25, 0.3) is 0 Å². The molecule has 1 aromatic heterocycles. The fourth-order valence-corrected chi connectivity index (χ4v) is 2.04. The van der Waals surface area contributed by atoms with Crippen LogP contribution in [0.15, 0.2) is 16.5 Å². The van der Waals surface area contributed by atoms with Crippen molar-refractivity contribution in [3.63, 3.8) is 0 Å². The molecule has 15 heavy (non-hydrogen) atoms. The smallest absolute Gasteiger partial charge is 0.217 e. The zero-order valence-electron chi connectivity index (χ0n) is 8.48. The molecule has 2 heterocycles. The maximum absolute atomic E-state index is 5.60. The van der Waals surface area contributed by atoms with E-state index in [4.69, 9.17) is 19.6 Å². The van der Waals surface area contributed by atoms with Crippen LogP contribution in [-0.2, 0) is 15.2 Å². The van der Waals surface area contributed by atoms with Gasteiger partial charge in [0.25, 0.3) is 0 Å². The molecule has 5 heteroatoms. The summed E-state index contributed by atoms with van der Waals surface area (Å²) in [5, 5.41) is 0. The van der Waals surface area contributed by atoms with Crippen LogP contribution in [0.3, 0.4) is 0 Å². The molecule has 1 aromatic rings. The van der Waals surface area contributed by atoms with E-state index in [1.54, 1.807) is 11.8 Å². The van der Waals surface area contributed by atoms with Crippen LogP contribution >= 0.6 is 11.8 Å². The predicted molar refractivity (Wildman–Crippen MR) is 58.6 cm³/mol. The molecule has 0 spiro atoms. The molecule has 0 amide bonds. The molecule has 0 saturated carbocycles. The molecule has 1 saturated heterocycles. The minimum absolute atomic E-state index is 0.307. The summed E-state index contributed by atoms with van der Waals surface area (Å²) in [4.78, 5) is 0. The maximum atomic E-state index is 5.60. The molecule has 2 N–H and O–H groups in total. The van der Waals surface area contributed by atoms with Crippen LogP contribution in [0.2, 0.25) is 0 Å². The molecule has 0 bridgehead atoms. The highest BCUT2D eigenvalue weighted by molar-refractivity contribution is 7.98. The maximum Gasteiger partial charge on any atom is 0.217 e. The summed E-state index contributed by atoms with van der Waals surface area (Å²) in [6.45, 7) is 1.98. The summed E-state index contributed by atoms with van der Waals surface area (Å²) in [5.74, 6) is 3.51. The summed E-state index contributed by atoms with van der Waals surface area (Å²) < 4.78 is 16.3. The zero-order chi connectivity index (χ0) is 10.5. The minimum Gasteiger partial charge on any atom is -0.460 e. The van der Waals surface area contributed by atoms with Crippen LogP contribution in [0.4, 0.5) is 0 Å². The van der Waals surface area contributed by atoms with Crippen molar-refractivity contribution in [2.45, 2.75) is 12.0 Å². The second-order valence-corrected chi connectivity index (χ2v) is 4.32. The molecule has 0 aliphatic carbocycles. The molecule has 0 radical (unpaired) electrons. The number of rotatable bonds is 5. The molecule has 0 atom stereocenters. The van der Waals surface area contributed by atoms with Crippen LogP contribution in [0.1, 0.15) is 17.8 Å². The van der Waals surface area contributed by atoms with Gasteiger partial charge in [0.2, 0.25) is 6.29 Å². The van der Waals surface area contributed by atoms with Crippen molar-refractivity contribution in [2.75, 3.05) is 25.5 Å². The van der Waals surface area contributed by atoms with Crippen LogP contribution in [-0.4, -0.2) is 25.5 Å². The number of hydrogen-bond acceptors (Lipinski definition) is 5. The Labute approximate surface area is 93.1 Å². The zero-order valence-corrected chi connectivity index (χ0v) is 9.29. The summed E-state index contributed by atoms with van der Waals surface area (Å²) in [7, 11) is 0. The fourth-order valence-electron chi connectivity index (χ4n) is 1.38. The molecule has 1 aliphatic rings. The van der Waals surface area contributed by atoms with Gasteiger partial charge in [-0.2, -0.15) is 11.8 Å². The molecule has 84 valence electrons. The van der Waals surface area contributed by atoms with Crippen molar-refractivity contribution in [2.24, 2.45) is 5.73 Å². The Morgan fingerprint density at radius 2 is 2.13 bits per heavy atom. The van der Waals surface area contributed by atoms with Crippen LogP contribution in [0, 0.1) is 0 Å². The Morgan fingerprint density at radius 3 is 2.87 bits per heavy atom. The largest absolute Gasteiger partial charge is 0.460 e. The van der Waals surface area contributed by atoms with E-state index < -0.39 is 0 Å². The van der Waals surface area contributed by atoms with Gasteiger partial charge < -0.3 is 19.6 Å². The van der Waals surface area contributed by atoms with E-state index in [1.165, 1.54) is 0 Å². The number of ether oxygens (including phenoxy) is 2. The van der Waals surface area contributed by atoms with E-state index in [2.05, 4.69) is 0 Å². The van der Waals surface area contributed by atoms with Crippen molar-refractivity contribution < 1.29 is 13.9 Å². The standard InChI is InChI=1S/C10H15NO3S/c11-3-6-15-7-8-1-2-9(14-8)10-12-4-5-13-10/h1-2,10H,3-7,11H2. The van der Waals surface area contributed by atoms with E-state index in [-0.39, 0.29) is 6.29 Å². The molecule has 0 unspecified atom stereocenters. The van der Waals surface area contributed by atoms with Gasteiger partial charge in [0, 0.05) is 12.3 Å². The Balaban J connectivity index is 1.86. The van der Waals surface area contributed by atoms with Crippen molar-refractivity contribution in [1.29, 1.82) is 0 Å². The van der Waals surface area contributed by atoms with Gasteiger partial charge in [0.1, 0.15) is 5.76 Å². The molecular formula is C10H15NO3S. The van der Waals surface area contributed by atoms with Gasteiger partial charge in [-0.15, -0.1) is 0 Å². The monoisotopic (exact) mass is 229 g/mol. The van der Waals surface area contributed by atoms with Gasteiger partial charge in [0.15, 0.2) is 5.76 Å². The van der Waals surface area contributed by atoms with Crippen LogP contribution < -0.4 is 5.73 Å². The molecular weight excluding hydrogens is 214 g/mol. The third kappa shape index (κ3) is 2.98. The average molecular weight is 229 g/mol. The van der Waals surface area contributed by atoms with Gasteiger partial charge >= 0.3 is 0 Å². The van der Waals surface area contributed by atoms with E-state index in [9.17, 15) is 0 Å². The Kier molecular flexibility index (Phi) is 4.08. The highest BCUT2D eigenvalue weighted by atomic mass is 32.2. The molecule has 4 nitrogen and oxygen atoms in total. The summed E-state index contributed by atoms with van der Waals surface area (Å²) in [5.41, 5.74) is 5.41. The lowest BCUT2D eigenvalue weighted by atomic mass is 10.4. The van der Waals surface area contributed by atoms with E-state index in [1.807, 2.05) is 12.1 Å². The van der Waals surface area contributed by atoms with Gasteiger partial charge in [-0.1, -0.05) is 0 Å². The van der Waals surface area contributed by atoms with E-state index in [0.717, 1.165) is 23.0 Å². The summed E-state index contributed by atoms with van der Waals surface area (Å²) in [6, 6.07) is 3.87. The Bertz CT molecular complexity index is 297. The molecule has 1 fully saturated rings. The second kappa shape index (κ2) is 5.55. The fraction of sp³-hybridized carbons (Fsp3) is 0.600. The van der Waals surface area contributed by atoms with Gasteiger partial charge in [0.05, 0.1) is 19.0 Å². The predicted octanol–water partition coefficient (Wildman–Crippen LogP) is 1.52. The lowest BCUT2D eigenvalue weighted by Crippen LogP contribution is -2.01. The number of furan rings is 1. The average Bonchev–Trinajstić information content (AvgIpc) is 2.87. The molecule has 2 rings (SSSR count). The van der Waals surface area contributed by atoms with Gasteiger partial charge in [-0.3, -0.25) is 0 Å². The van der Waals surface area contributed by atoms with Crippen molar-refractivity contribution in [3.8, 4) is 0 Å². The third-order valence-electron chi connectivity index (χ3n) is 2.04. The first-order chi connectivity index (χ1) is 7.40. The first-order valence-corrected chi connectivity index (χ1v) is 6.15. The highest BCUT2D eigenvalue weighted by Gasteiger charge is 2.21. The van der Waals surface area contributed by atoms with E-state index in [0.29, 0.717) is 19.8 Å². The topological polar surface area (TPSA) is 57.6 Å². The highest BCUT2D eigenvalue weighted by Crippen LogP contribution is 2.26. The van der Waals surface area contributed by atoms with Crippen molar-refractivity contribution >= 4 is 11.8 Å². The first-order valence-electron chi connectivity index (χ1n) is 5.00. The van der Waals surface area contributed by atoms with Crippen molar-refractivity contribution in [1.82, 2.24) is 0 Å². The minimum atomic E-state index is -0.307. The summed E-state index contributed by atoms with van der Waals surface area (Å²) in [6.07, 6.45) is -0.307. The lowest BCUT2D eigenvalue weighted by Gasteiger charge is -2.04. The number of thioether (sulfide) groups is 1. The third-order valence-corrected chi connectivity index (χ3v) is 3.06. The van der Waals surface area contributed by atoms with Crippen molar-refractivity contribution in [3.05, 3.63) is 23.7 Å². The number of hydrogen-bond donors (Lipinski definition) is 1. The van der Waals surface area contributed by atoms with E-state index >= 15 is 0 Å². The SMILES string of the molecule is NCCSCc1ccc(C2OCCO2)o1. The molecule has 0 aromatic carbocycles.